The smallest absolute Gasteiger partial charge is 0.138 e. The first-order valence-electron chi connectivity index (χ1n) is 5.37. The fourth-order valence-corrected chi connectivity index (χ4v) is 2.31. The van der Waals surface area contributed by atoms with Gasteiger partial charge in [0.25, 0.3) is 0 Å². The molecule has 0 aliphatic rings. The Hall–Kier alpha value is -1.20. The molecule has 0 fully saturated rings. The van der Waals surface area contributed by atoms with Gasteiger partial charge in [-0.05, 0) is 17.4 Å². The standard InChI is InChI=1S/C11H16N4S/c1-7(2)9(5-12)15-10-8-3-4-16-11(8)14-6-13-10/h3-4,6-7,9H,5,12H2,1-2H3,(H,13,14,15). The van der Waals surface area contributed by atoms with Crippen molar-refractivity contribution in [1.29, 1.82) is 0 Å². The summed E-state index contributed by atoms with van der Waals surface area (Å²) in [6, 6.07) is 2.29. The van der Waals surface area contributed by atoms with Gasteiger partial charge in [0.15, 0.2) is 0 Å². The first-order chi connectivity index (χ1) is 7.72. The average Bonchev–Trinajstić information content (AvgIpc) is 2.73. The number of rotatable bonds is 4. The molecule has 1 unspecified atom stereocenters. The fourth-order valence-electron chi connectivity index (χ4n) is 1.58. The molecule has 16 heavy (non-hydrogen) atoms. The SMILES string of the molecule is CC(C)C(CN)Nc1ncnc2sccc12. The molecule has 0 saturated carbocycles. The average molecular weight is 236 g/mol. The van der Waals surface area contributed by atoms with Gasteiger partial charge >= 0.3 is 0 Å². The van der Waals surface area contributed by atoms with Crippen LogP contribution in [0, 0.1) is 5.92 Å². The number of fused-ring (bicyclic) bond motifs is 1. The van der Waals surface area contributed by atoms with Crippen LogP contribution < -0.4 is 11.1 Å². The highest BCUT2D eigenvalue weighted by Gasteiger charge is 2.13. The van der Waals surface area contributed by atoms with Gasteiger partial charge in [0.1, 0.15) is 17.0 Å². The quantitative estimate of drug-likeness (QED) is 0.853. The number of nitrogens with two attached hydrogens (primary N) is 1. The summed E-state index contributed by atoms with van der Waals surface area (Å²) in [5.74, 6) is 1.36. The van der Waals surface area contributed by atoms with E-state index in [1.807, 2.05) is 11.4 Å². The minimum absolute atomic E-state index is 0.248. The molecule has 1 atom stereocenters. The molecular weight excluding hydrogens is 220 g/mol. The monoisotopic (exact) mass is 236 g/mol. The third-order valence-electron chi connectivity index (χ3n) is 2.64. The highest BCUT2D eigenvalue weighted by molar-refractivity contribution is 7.16. The van der Waals surface area contributed by atoms with Crippen LogP contribution in [0.3, 0.4) is 0 Å². The van der Waals surface area contributed by atoms with Crippen molar-refractivity contribution in [2.75, 3.05) is 11.9 Å². The van der Waals surface area contributed by atoms with Crippen molar-refractivity contribution < 1.29 is 0 Å². The van der Waals surface area contributed by atoms with Crippen molar-refractivity contribution in [2.45, 2.75) is 19.9 Å². The number of aromatic nitrogens is 2. The predicted octanol–water partition coefficient (Wildman–Crippen LogP) is 2.09. The zero-order chi connectivity index (χ0) is 11.5. The summed E-state index contributed by atoms with van der Waals surface area (Å²) >= 11 is 1.62. The largest absolute Gasteiger partial charge is 0.365 e. The molecule has 2 heterocycles. The van der Waals surface area contributed by atoms with Crippen molar-refractivity contribution in [1.82, 2.24) is 9.97 Å². The number of hydrogen-bond acceptors (Lipinski definition) is 5. The second-order valence-corrected chi connectivity index (χ2v) is 4.99. The van der Waals surface area contributed by atoms with E-state index in [4.69, 9.17) is 5.73 Å². The molecule has 3 N–H and O–H groups in total. The van der Waals surface area contributed by atoms with Crippen molar-refractivity contribution in [3.63, 3.8) is 0 Å². The van der Waals surface area contributed by atoms with Crippen LogP contribution in [-0.2, 0) is 0 Å². The lowest BCUT2D eigenvalue weighted by molar-refractivity contribution is 0.530. The Morgan fingerprint density at radius 2 is 2.25 bits per heavy atom. The second-order valence-electron chi connectivity index (χ2n) is 4.09. The molecule has 0 aromatic carbocycles. The van der Waals surface area contributed by atoms with Crippen molar-refractivity contribution in [3.05, 3.63) is 17.8 Å². The lowest BCUT2D eigenvalue weighted by atomic mass is 10.0. The Kier molecular flexibility index (Phi) is 3.36. The van der Waals surface area contributed by atoms with Crippen LogP contribution in [0.1, 0.15) is 13.8 Å². The molecule has 5 heteroatoms. The third kappa shape index (κ3) is 2.15. The van der Waals surface area contributed by atoms with E-state index < -0.39 is 0 Å². The highest BCUT2D eigenvalue weighted by Crippen LogP contribution is 2.24. The van der Waals surface area contributed by atoms with E-state index in [0.29, 0.717) is 12.5 Å². The first-order valence-corrected chi connectivity index (χ1v) is 6.25. The van der Waals surface area contributed by atoms with E-state index in [2.05, 4.69) is 29.1 Å². The Balaban J connectivity index is 2.29. The lowest BCUT2D eigenvalue weighted by Gasteiger charge is -2.21. The minimum Gasteiger partial charge on any atom is -0.365 e. The van der Waals surface area contributed by atoms with Crippen LogP contribution in [0.25, 0.3) is 10.2 Å². The molecule has 0 saturated heterocycles. The van der Waals surface area contributed by atoms with Gasteiger partial charge in [0, 0.05) is 12.6 Å². The fraction of sp³-hybridized carbons (Fsp3) is 0.455. The summed E-state index contributed by atoms with van der Waals surface area (Å²) in [7, 11) is 0. The van der Waals surface area contributed by atoms with Crippen LogP contribution >= 0.6 is 11.3 Å². The predicted molar refractivity (Wildman–Crippen MR) is 68.7 cm³/mol. The summed E-state index contributed by atoms with van der Waals surface area (Å²) in [6.07, 6.45) is 1.59. The molecule has 0 bridgehead atoms. The van der Waals surface area contributed by atoms with E-state index in [-0.39, 0.29) is 6.04 Å². The summed E-state index contributed by atoms with van der Waals surface area (Å²) < 4.78 is 0. The molecule has 0 spiro atoms. The number of thiophene rings is 1. The van der Waals surface area contributed by atoms with Gasteiger partial charge in [0.2, 0.25) is 0 Å². The normalized spacial score (nSPS) is 13.2. The molecule has 86 valence electrons. The molecule has 2 aromatic rings. The molecular formula is C11H16N4S. The van der Waals surface area contributed by atoms with E-state index >= 15 is 0 Å². The maximum absolute atomic E-state index is 5.74. The molecule has 0 radical (unpaired) electrons. The van der Waals surface area contributed by atoms with Crippen LogP contribution in [0.2, 0.25) is 0 Å². The number of nitrogens with one attached hydrogen (secondary N) is 1. The van der Waals surface area contributed by atoms with Gasteiger partial charge < -0.3 is 11.1 Å². The summed E-state index contributed by atoms with van der Waals surface area (Å²) in [6.45, 7) is 4.90. The van der Waals surface area contributed by atoms with Crippen molar-refractivity contribution in [2.24, 2.45) is 11.7 Å². The third-order valence-corrected chi connectivity index (χ3v) is 3.46. The molecule has 4 nitrogen and oxygen atoms in total. The number of anilines is 1. The van der Waals surface area contributed by atoms with Gasteiger partial charge in [0.05, 0.1) is 5.39 Å². The highest BCUT2D eigenvalue weighted by atomic mass is 32.1. The van der Waals surface area contributed by atoms with Crippen molar-refractivity contribution >= 4 is 27.4 Å². The molecule has 0 aliphatic heterocycles. The zero-order valence-corrected chi connectivity index (χ0v) is 10.3. The van der Waals surface area contributed by atoms with Gasteiger partial charge in [-0.1, -0.05) is 13.8 Å². The Morgan fingerprint density at radius 3 is 2.94 bits per heavy atom. The number of nitrogens with zero attached hydrogens (tertiary/aromatic N) is 2. The maximum atomic E-state index is 5.74. The summed E-state index contributed by atoms with van der Waals surface area (Å²) in [4.78, 5) is 9.51. The topological polar surface area (TPSA) is 63.8 Å². The molecule has 0 amide bonds. The first kappa shape index (κ1) is 11.3. The van der Waals surface area contributed by atoms with Gasteiger partial charge in [-0.2, -0.15) is 0 Å². The Morgan fingerprint density at radius 1 is 1.44 bits per heavy atom. The van der Waals surface area contributed by atoms with Gasteiger partial charge in [-0.15, -0.1) is 11.3 Å². The zero-order valence-electron chi connectivity index (χ0n) is 9.47. The van der Waals surface area contributed by atoms with Gasteiger partial charge in [-0.3, -0.25) is 0 Å². The second kappa shape index (κ2) is 4.76. The van der Waals surface area contributed by atoms with Crippen molar-refractivity contribution in [3.8, 4) is 0 Å². The van der Waals surface area contributed by atoms with Gasteiger partial charge in [-0.25, -0.2) is 9.97 Å². The van der Waals surface area contributed by atoms with Crippen LogP contribution in [-0.4, -0.2) is 22.6 Å². The lowest BCUT2D eigenvalue weighted by Crippen LogP contribution is -2.34. The minimum atomic E-state index is 0.248. The number of hydrogen-bond donors (Lipinski definition) is 2. The van der Waals surface area contributed by atoms with E-state index in [0.717, 1.165) is 16.0 Å². The van der Waals surface area contributed by atoms with Crippen LogP contribution in [0.4, 0.5) is 5.82 Å². The maximum Gasteiger partial charge on any atom is 0.138 e. The van der Waals surface area contributed by atoms with E-state index in [9.17, 15) is 0 Å². The molecule has 0 aliphatic carbocycles. The van der Waals surface area contributed by atoms with E-state index in [1.165, 1.54) is 0 Å². The van der Waals surface area contributed by atoms with Crippen LogP contribution in [0.15, 0.2) is 17.8 Å². The molecule has 2 rings (SSSR count). The Bertz CT molecular complexity index is 466. The summed E-state index contributed by atoms with van der Waals surface area (Å²) in [5, 5.41) is 6.49. The summed E-state index contributed by atoms with van der Waals surface area (Å²) in [5.41, 5.74) is 5.74. The molecule has 2 aromatic heterocycles. The van der Waals surface area contributed by atoms with Crippen LogP contribution in [0.5, 0.6) is 0 Å². The van der Waals surface area contributed by atoms with E-state index in [1.54, 1.807) is 17.7 Å². The Labute approximate surface area is 98.9 Å².